The average Bonchev–Trinajstić information content (AvgIpc) is 2.89. The second-order valence-corrected chi connectivity index (χ2v) is 5.22. The van der Waals surface area contributed by atoms with Crippen LogP contribution in [0.15, 0.2) is 54.4 Å². The molecule has 0 N–H and O–H groups in total. The Morgan fingerprint density at radius 1 is 1.23 bits per heavy atom. The molecule has 1 aliphatic heterocycles. The number of hydrogen-bond donors (Lipinski definition) is 0. The number of aromatic nitrogens is 1. The molecule has 1 saturated heterocycles. The van der Waals surface area contributed by atoms with Crippen LogP contribution in [0.1, 0.15) is 24.1 Å². The summed E-state index contributed by atoms with van der Waals surface area (Å²) < 4.78 is 5.24. The molecule has 4 nitrogen and oxygen atoms in total. The molecule has 0 unspecified atom stereocenters. The molecule has 3 rings (SSSR count). The molecule has 0 aliphatic carbocycles. The van der Waals surface area contributed by atoms with E-state index >= 15 is 0 Å². The third-order valence-corrected chi connectivity index (χ3v) is 3.72. The van der Waals surface area contributed by atoms with E-state index in [0.717, 1.165) is 29.1 Å². The molecule has 1 aromatic heterocycles. The molecule has 0 atom stereocenters. The first-order chi connectivity index (χ1) is 10.8. The minimum atomic E-state index is 0.157. The highest BCUT2D eigenvalue weighted by atomic mass is 16.5. The van der Waals surface area contributed by atoms with Crippen molar-refractivity contribution in [3.8, 4) is 5.75 Å². The number of methoxy groups -OCH3 is 1. The number of hydrogen-bond acceptors (Lipinski definition) is 3. The number of ether oxygens (including phenoxy) is 1. The Morgan fingerprint density at radius 2 is 2.14 bits per heavy atom. The monoisotopic (exact) mass is 294 g/mol. The molecule has 1 aromatic carbocycles. The molecule has 0 spiro atoms. The first-order valence-corrected chi connectivity index (χ1v) is 7.31. The van der Waals surface area contributed by atoms with Crippen molar-refractivity contribution in [3.05, 3.63) is 65.6 Å². The van der Waals surface area contributed by atoms with Crippen LogP contribution in [0.4, 0.5) is 0 Å². The maximum Gasteiger partial charge on any atom is 0.227 e. The van der Waals surface area contributed by atoms with Crippen LogP contribution >= 0.6 is 0 Å². The zero-order valence-electron chi connectivity index (χ0n) is 12.5. The van der Waals surface area contributed by atoms with Crippen molar-refractivity contribution in [2.24, 2.45) is 0 Å². The summed E-state index contributed by atoms with van der Waals surface area (Å²) >= 11 is 0. The van der Waals surface area contributed by atoms with Gasteiger partial charge in [0.1, 0.15) is 5.75 Å². The van der Waals surface area contributed by atoms with Gasteiger partial charge in [0.2, 0.25) is 5.91 Å². The van der Waals surface area contributed by atoms with Crippen LogP contribution in [0.3, 0.4) is 0 Å². The number of pyridine rings is 1. The molecule has 2 aromatic rings. The Morgan fingerprint density at radius 3 is 2.91 bits per heavy atom. The van der Waals surface area contributed by atoms with Crippen LogP contribution < -0.4 is 4.74 Å². The first-order valence-electron chi connectivity index (χ1n) is 7.31. The summed E-state index contributed by atoms with van der Waals surface area (Å²) in [5.74, 6) is 0.962. The highest BCUT2D eigenvalue weighted by Crippen LogP contribution is 2.27. The van der Waals surface area contributed by atoms with E-state index in [-0.39, 0.29) is 5.91 Å². The van der Waals surface area contributed by atoms with Crippen molar-refractivity contribution >= 4 is 12.0 Å². The van der Waals surface area contributed by atoms with Gasteiger partial charge in [-0.25, -0.2) is 0 Å². The summed E-state index contributed by atoms with van der Waals surface area (Å²) in [5, 5.41) is 0. The lowest BCUT2D eigenvalue weighted by atomic mass is 10.2. The van der Waals surface area contributed by atoms with Crippen LogP contribution in [0.25, 0.3) is 6.08 Å². The van der Waals surface area contributed by atoms with Crippen LogP contribution in [0, 0.1) is 0 Å². The maximum absolute atomic E-state index is 12.2. The second kappa shape index (κ2) is 6.43. The minimum Gasteiger partial charge on any atom is -0.497 e. The molecule has 0 saturated carbocycles. The van der Waals surface area contributed by atoms with Gasteiger partial charge in [0.05, 0.1) is 19.3 Å². The molecule has 2 heterocycles. The van der Waals surface area contributed by atoms with E-state index < -0.39 is 0 Å². The second-order valence-electron chi connectivity index (χ2n) is 5.22. The van der Waals surface area contributed by atoms with Gasteiger partial charge >= 0.3 is 0 Å². The molecule has 4 heteroatoms. The van der Waals surface area contributed by atoms with Crippen molar-refractivity contribution in [3.63, 3.8) is 0 Å². The van der Waals surface area contributed by atoms with Crippen molar-refractivity contribution in [1.29, 1.82) is 0 Å². The maximum atomic E-state index is 12.2. The van der Waals surface area contributed by atoms with Crippen LogP contribution in [-0.4, -0.2) is 22.9 Å². The van der Waals surface area contributed by atoms with Gasteiger partial charge in [0, 0.05) is 18.3 Å². The Labute approximate surface area is 130 Å². The van der Waals surface area contributed by atoms with Gasteiger partial charge in [0.25, 0.3) is 0 Å². The molecular weight excluding hydrogens is 276 g/mol. The highest BCUT2D eigenvalue weighted by molar-refractivity contribution is 5.83. The third-order valence-electron chi connectivity index (χ3n) is 3.72. The number of amides is 1. The molecule has 1 fully saturated rings. The Hall–Kier alpha value is -2.62. The largest absolute Gasteiger partial charge is 0.497 e. The summed E-state index contributed by atoms with van der Waals surface area (Å²) in [6.07, 6.45) is 5.07. The SMILES string of the molecule is COc1cccc(CN2C(=O)CC/C2=C\c2ccccn2)c1. The van der Waals surface area contributed by atoms with E-state index in [4.69, 9.17) is 4.74 Å². The molecule has 22 heavy (non-hydrogen) atoms. The van der Waals surface area contributed by atoms with Gasteiger partial charge in [0.15, 0.2) is 0 Å². The van der Waals surface area contributed by atoms with E-state index in [1.807, 2.05) is 53.4 Å². The van der Waals surface area contributed by atoms with Gasteiger partial charge in [-0.3, -0.25) is 9.78 Å². The molecule has 0 radical (unpaired) electrons. The van der Waals surface area contributed by atoms with E-state index in [9.17, 15) is 4.79 Å². The number of carbonyl (C=O) groups is 1. The van der Waals surface area contributed by atoms with Gasteiger partial charge < -0.3 is 9.64 Å². The topological polar surface area (TPSA) is 42.4 Å². The quantitative estimate of drug-likeness (QED) is 0.869. The molecule has 0 bridgehead atoms. The fraction of sp³-hybridized carbons (Fsp3) is 0.222. The smallest absolute Gasteiger partial charge is 0.227 e. The van der Waals surface area contributed by atoms with Gasteiger partial charge in [-0.05, 0) is 42.3 Å². The molecular formula is C18H18N2O2. The zero-order valence-corrected chi connectivity index (χ0v) is 12.5. The first kappa shape index (κ1) is 14.3. The van der Waals surface area contributed by atoms with E-state index in [1.165, 1.54) is 0 Å². The highest BCUT2D eigenvalue weighted by Gasteiger charge is 2.25. The van der Waals surface area contributed by atoms with Crippen molar-refractivity contribution in [2.75, 3.05) is 7.11 Å². The normalized spacial score (nSPS) is 16.3. The van der Waals surface area contributed by atoms with Gasteiger partial charge in [-0.1, -0.05) is 18.2 Å². The van der Waals surface area contributed by atoms with Gasteiger partial charge in [-0.2, -0.15) is 0 Å². The number of benzene rings is 1. The molecule has 1 aliphatic rings. The number of carbonyl (C=O) groups excluding carboxylic acids is 1. The summed E-state index contributed by atoms with van der Waals surface area (Å²) in [6.45, 7) is 0.564. The minimum absolute atomic E-state index is 0.157. The summed E-state index contributed by atoms with van der Waals surface area (Å²) in [5.41, 5.74) is 2.95. The fourth-order valence-corrected chi connectivity index (χ4v) is 2.59. The lowest BCUT2D eigenvalue weighted by molar-refractivity contribution is -0.127. The standard InChI is InChI=1S/C18H18N2O2/c1-22-17-7-4-5-14(11-17)13-20-16(8-9-18(20)21)12-15-6-2-3-10-19-15/h2-7,10-12H,8-9,13H2,1H3/b16-12+. The predicted molar refractivity (Wildman–Crippen MR) is 85.0 cm³/mol. The van der Waals surface area contributed by atoms with Crippen LogP contribution in [-0.2, 0) is 11.3 Å². The van der Waals surface area contributed by atoms with Crippen molar-refractivity contribution < 1.29 is 9.53 Å². The van der Waals surface area contributed by atoms with Crippen molar-refractivity contribution in [1.82, 2.24) is 9.88 Å². The average molecular weight is 294 g/mol. The zero-order chi connectivity index (χ0) is 15.4. The number of nitrogens with zero attached hydrogens (tertiary/aromatic N) is 2. The Balaban J connectivity index is 1.83. The van der Waals surface area contributed by atoms with E-state index in [0.29, 0.717) is 13.0 Å². The number of allylic oxidation sites excluding steroid dienone is 1. The Bertz CT molecular complexity index is 695. The van der Waals surface area contributed by atoms with Crippen molar-refractivity contribution in [2.45, 2.75) is 19.4 Å². The summed E-state index contributed by atoms with van der Waals surface area (Å²) in [4.78, 5) is 18.3. The molecule has 1 amide bonds. The number of rotatable bonds is 4. The summed E-state index contributed by atoms with van der Waals surface area (Å²) in [7, 11) is 1.65. The van der Waals surface area contributed by atoms with E-state index in [1.54, 1.807) is 13.3 Å². The van der Waals surface area contributed by atoms with Crippen LogP contribution in [0.2, 0.25) is 0 Å². The van der Waals surface area contributed by atoms with Gasteiger partial charge in [-0.15, -0.1) is 0 Å². The lowest BCUT2D eigenvalue weighted by Crippen LogP contribution is -2.22. The Kier molecular flexibility index (Phi) is 4.19. The predicted octanol–water partition coefficient (Wildman–Crippen LogP) is 3.25. The summed E-state index contributed by atoms with van der Waals surface area (Å²) in [6, 6.07) is 13.6. The number of likely N-dealkylation sites (tertiary alicyclic amines) is 1. The van der Waals surface area contributed by atoms with Crippen LogP contribution in [0.5, 0.6) is 5.75 Å². The van der Waals surface area contributed by atoms with E-state index in [2.05, 4.69) is 4.98 Å². The fourth-order valence-electron chi connectivity index (χ4n) is 2.59. The third kappa shape index (κ3) is 3.17. The molecule has 112 valence electrons. The lowest BCUT2D eigenvalue weighted by Gasteiger charge is -2.18.